The Balaban J connectivity index is 0.000000154. The van der Waals surface area contributed by atoms with E-state index in [0.29, 0.717) is 150 Å². The van der Waals surface area contributed by atoms with E-state index < -0.39 is 101 Å². The normalized spacial score (nSPS) is 18.7. The number of carbonyl (C=O) groups excluding carboxylic acids is 3. The van der Waals surface area contributed by atoms with E-state index in [1.807, 2.05) is 137 Å². The molecule has 9 aliphatic heterocycles. The van der Waals surface area contributed by atoms with Crippen molar-refractivity contribution in [2.24, 2.45) is 0 Å². The van der Waals surface area contributed by atoms with E-state index in [4.69, 9.17) is 14.6 Å². The number of piperazine rings is 4. The maximum Gasteiger partial charge on any atom is 0.416 e. The van der Waals surface area contributed by atoms with Gasteiger partial charge in [-0.05, 0) is 156 Å². The van der Waals surface area contributed by atoms with E-state index in [-0.39, 0.29) is 64.0 Å². The highest BCUT2D eigenvalue weighted by Crippen LogP contribution is 2.55. The summed E-state index contributed by atoms with van der Waals surface area (Å²) in [5.41, 5.74) is 1.53. The summed E-state index contributed by atoms with van der Waals surface area (Å²) in [7, 11) is 0. The van der Waals surface area contributed by atoms with Crippen LogP contribution < -0.4 is 24.9 Å². The van der Waals surface area contributed by atoms with Crippen molar-refractivity contribution in [3.8, 4) is 0 Å². The first-order valence-electron chi connectivity index (χ1n) is 46.2. The van der Waals surface area contributed by atoms with Crippen LogP contribution in [0.15, 0.2) is 209 Å². The van der Waals surface area contributed by atoms with Crippen LogP contribution in [0.5, 0.6) is 0 Å². The van der Waals surface area contributed by atoms with Gasteiger partial charge in [-0.1, -0.05) is 95.6 Å². The van der Waals surface area contributed by atoms with Gasteiger partial charge in [0, 0.05) is 183 Å². The highest BCUT2D eigenvalue weighted by Gasteiger charge is 2.42. The summed E-state index contributed by atoms with van der Waals surface area (Å²) >= 11 is 5.71. The number of esters is 2. The molecule has 0 spiro atoms. The van der Waals surface area contributed by atoms with Crippen LogP contribution in [-0.4, -0.2) is 332 Å². The molecule has 0 aliphatic carbocycles. The highest BCUT2D eigenvalue weighted by atomic mass is 32.2. The molecular weight excluding hydrogens is 1940 g/mol. The number of nitrogens with one attached hydrogen (secondary N) is 1. The number of carboxylic acid groups (broad SMARTS) is 1. The number of halogens is 12. The minimum atomic E-state index is -4.46. The fourth-order valence-corrected chi connectivity index (χ4v) is 21.3. The van der Waals surface area contributed by atoms with Crippen molar-refractivity contribution in [1.82, 2.24) is 39.6 Å². The molecule has 141 heavy (non-hydrogen) atoms. The van der Waals surface area contributed by atoms with Gasteiger partial charge in [0.15, 0.2) is 18.3 Å². The van der Waals surface area contributed by atoms with Crippen LogP contribution >= 0.6 is 47.0 Å². The number of anilines is 8. The molecule has 8 N–H and O–H groups in total. The van der Waals surface area contributed by atoms with Gasteiger partial charge in [-0.25, -0.2) is 19.2 Å². The van der Waals surface area contributed by atoms with Gasteiger partial charge in [-0.3, -0.25) is 29.4 Å². The van der Waals surface area contributed by atoms with Crippen LogP contribution in [0.2, 0.25) is 0 Å². The summed E-state index contributed by atoms with van der Waals surface area (Å²) in [5.74, 6) is -2.12. The fraction of sp³-hybridized carbons (Fsp3) is 0.469. The molecule has 17 rings (SSSR count). The zero-order chi connectivity index (χ0) is 101. The van der Waals surface area contributed by atoms with Crippen molar-refractivity contribution >= 4 is 117 Å². The Morgan fingerprint density at radius 1 is 0.362 bits per heavy atom. The van der Waals surface area contributed by atoms with Gasteiger partial charge >= 0.3 is 48.7 Å². The van der Waals surface area contributed by atoms with Crippen LogP contribution in [0.3, 0.4) is 0 Å². The lowest BCUT2D eigenvalue weighted by atomic mass is 10.1. The average Bonchev–Trinajstić information content (AvgIpc) is 0.874. The SMILES string of the molecule is CC(C)(C)OC(=O)N1CCN(CC(O)CN2c3ccccc3Sc3ccc(C(F)(F)F)cc32)CC1.CCOC(=O)C(O)CN1CCN(CC(O)CN2c3ccccc3Sc3ccc(C(F)(F)F)cc32)CC1.CCOC(=O)C1CO1.O=C(O)C(O)CN1CCN(CC(O)CN2c3ccccc3Sc3ccc(C(F)(F)F)cc32)CC1.OC(CN1CCNCC1)CN1c2ccccc2Sc2ccc(C(F)(F)F)cc21. The number of carbonyl (C=O) groups is 4. The largest absolute Gasteiger partial charge is 0.479 e. The summed E-state index contributed by atoms with van der Waals surface area (Å²) in [6, 6.07) is 45.1. The summed E-state index contributed by atoms with van der Waals surface area (Å²) < 4.78 is 180. The van der Waals surface area contributed by atoms with Crippen molar-refractivity contribution in [1.29, 1.82) is 0 Å². The number of fused-ring (bicyclic) bond motifs is 8. The summed E-state index contributed by atoms with van der Waals surface area (Å²) in [6.45, 7) is 23.0. The third-order valence-electron chi connectivity index (χ3n) is 24.0. The number of amides is 1. The van der Waals surface area contributed by atoms with Gasteiger partial charge < -0.3 is 84.5 Å². The minimum absolute atomic E-state index is 0.0479. The Bertz CT molecular complexity index is 5530. The maximum atomic E-state index is 13.4. The molecule has 8 aromatic rings. The first kappa shape index (κ1) is 109. The lowest BCUT2D eigenvalue weighted by Gasteiger charge is -2.38. The zero-order valence-electron chi connectivity index (χ0n) is 78.2. The minimum Gasteiger partial charge on any atom is -0.479 e. The van der Waals surface area contributed by atoms with Gasteiger partial charge in [0.2, 0.25) is 0 Å². The number of hydrogen-bond donors (Lipinski definition) is 8. The maximum absolute atomic E-state index is 13.4. The monoisotopic (exact) mass is 2060 g/mol. The number of para-hydroxylation sites is 4. The van der Waals surface area contributed by atoms with Gasteiger partial charge in [-0.2, -0.15) is 52.7 Å². The van der Waals surface area contributed by atoms with Crippen LogP contribution in [0.25, 0.3) is 0 Å². The molecule has 9 heterocycles. The quantitative estimate of drug-likeness (QED) is 0.0114. The van der Waals surface area contributed by atoms with Gasteiger partial charge in [0.25, 0.3) is 0 Å². The molecule has 7 unspecified atom stereocenters. The predicted molar refractivity (Wildman–Crippen MR) is 512 cm³/mol. The number of hydrogen-bond acceptors (Lipinski definition) is 29. The first-order valence-corrected chi connectivity index (χ1v) is 49.5. The molecule has 43 heteroatoms. The Morgan fingerprint density at radius 2 is 0.624 bits per heavy atom. The Morgan fingerprint density at radius 3 is 0.894 bits per heavy atom. The molecule has 766 valence electrons. The van der Waals surface area contributed by atoms with Gasteiger partial charge in [0.1, 0.15) is 5.60 Å². The van der Waals surface area contributed by atoms with Crippen molar-refractivity contribution in [2.45, 2.75) is 147 Å². The number of aliphatic hydroxyl groups excluding tert-OH is 6. The lowest BCUT2D eigenvalue weighted by Crippen LogP contribution is -2.52. The third kappa shape index (κ3) is 30.4. The van der Waals surface area contributed by atoms with E-state index in [2.05, 4.69) is 29.5 Å². The Labute approximate surface area is 826 Å². The van der Waals surface area contributed by atoms with Crippen LogP contribution in [-0.2, 0) is 58.0 Å². The fourth-order valence-electron chi connectivity index (χ4n) is 17.0. The summed E-state index contributed by atoms with van der Waals surface area (Å²) in [6.07, 6.45) is -24.1. The molecule has 0 saturated carbocycles. The lowest BCUT2D eigenvalue weighted by molar-refractivity contribution is -0.154. The molecule has 5 saturated heterocycles. The topological polar surface area (TPSA) is 298 Å². The Hall–Kier alpha value is -9.36. The summed E-state index contributed by atoms with van der Waals surface area (Å²) in [4.78, 5) is 72.8. The van der Waals surface area contributed by atoms with Crippen LogP contribution in [0, 0.1) is 0 Å². The molecular formula is C98H116F12N12O15S4. The molecule has 8 aromatic carbocycles. The average molecular weight is 2060 g/mol. The number of benzene rings is 8. The summed E-state index contributed by atoms with van der Waals surface area (Å²) in [5, 5.41) is 75.1. The molecule has 0 aromatic heterocycles. The number of alkyl halides is 12. The third-order valence-corrected chi connectivity index (χ3v) is 28.5. The van der Waals surface area contributed by atoms with Crippen molar-refractivity contribution in [2.75, 3.05) is 210 Å². The molecule has 0 bridgehead atoms. The number of nitrogens with zero attached hydrogens (tertiary/aromatic N) is 11. The van der Waals surface area contributed by atoms with Crippen LogP contribution in [0.4, 0.5) is 103 Å². The van der Waals surface area contributed by atoms with E-state index in [9.17, 15) is 103 Å². The number of β-amino-alcohol motifs (C(OH)–C–C–N with tert-alkyl or cyclic N) is 6. The number of aliphatic carboxylic acids is 1. The number of ether oxygens (including phenoxy) is 4. The Kier molecular flexibility index (Phi) is 37.5. The van der Waals surface area contributed by atoms with Crippen molar-refractivity contribution in [3.05, 3.63) is 192 Å². The first-order chi connectivity index (χ1) is 66.9. The number of carboxylic acids is 1. The second kappa shape index (κ2) is 48.6. The predicted octanol–water partition coefficient (Wildman–Crippen LogP) is 14.7. The van der Waals surface area contributed by atoms with Crippen LogP contribution in [0.1, 0.15) is 56.9 Å². The van der Waals surface area contributed by atoms with E-state index in [1.165, 1.54) is 77.4 Å². The highest BCUT2D eigenvalue weighted by molar-refractivity contribution is 8.00. The number of epoxide rings is 1. The van der Waals surface area contributed by atoms with Gasteiger partial charge in [-0.15, -0.1) is 0 Å². The van der Waals surface area contributed by atoms with Crippen molar-refractivity contribution < 1.29 is 127 Å². The number of rotatable bonds is 25. The van der Waals surface area contributed by atoms with E-state index in [0.717, 1.165) is 121 Å². The molecule has 0 radical (unpaired) electrons. The standard InChI is InChI=1S/C25H30F3N3O4S.C25H30F3N3O3S.C23H26F3N3O4S.C20H22F3N3OS.C5H8O3/c1-2-35-24(34)21(33)16-30-11-9-29(10-12-30)14-18(32)15-31-19-5-3-4-6-22(19)36-23-8-7-17(13-20(23)31)25(26,27)28;1-24(2,3)34-23(33)30-12-10-29(11-13-30)15-18(32)16-31-19-6-4-5-7-21(19)35-22-9-8-17(14-20(22)31)25(26,27)28;24-23(25,26)15-5-6-21-18(11-15)29(17-3-1-2-4-20(17)34-21)13-16(30)12-27-7-9-28(10-8-27)14-19(31)22(32)33;21-20(22,23)14-5-6-19-17(11-14)26(16-3-1-2-4-18(16)28-19)13-15(27)12-25-9-7-24-8-10-25;1-2-7-5(6)4-3-8-4/h3-8,13,18,21,32-33H,2,9-12,14-16H2,1H3;4-9,14,18,32H,10-13,15-16H2,1-3H3;1-6,11,16,19,30-31H,7-10,12-14H2,(H,32,33);1-6,11,15,24,27H,7-10,12-13H2;4H,2-3H2,1H3. The number of aliphatic hydroxyl groups is 6. The van der Waals surface area contributed by atoms with Crippen molar-refractivity contribution in [3.63, 3.8) is 0 Å². The molecule has 5 fully saturated rings. The smallest absolute Gasteiger partial charge is 0.416 e. The molecule has 7 atom stereocenters. The zero-order valence-corrected chi connectivity index (χ0v) is 81.5. The molecule has 9 aliphatic rings. The second-order valence-electron chi connectivity index (χ2n) is 35.8. The molecule has 27 nitrogen and oxygen atoms in total. The van der Waals surface area contributed by atoms with E-state index >= 15 is 0 Å². The van der Waals surface area contributed by atoms with Gasteiger partial charge in [0.05, 0.1) is 138 Å². The second-order valence-corrected chi connectivity index (χ2v) is 40.1. The molecule has 1 amide bonds. The van der Waals surface area contributed by atoms with E-state index in [1.54, 1.807) is 33.4 Å².